The molecule has 2 aromatic rings. The number of aromatic nitrogens is 1. The molecule has 0 fully saturated rings. The normalized spacial score (nSPS) is 11.4. The molecule has 0 amide bonds. The van der Waals surface area contributed by atoms with Gasteiger partial charge >= 0.3 is 0 Å². The van der Waals surface area contributed by atoms with Gasteiger partial charge in [-0.2, -0.15) is 0 Å². The van der Waals surface area contributed by atoms with E-state index in [2.05, 4.69) is 53.8 Å². The van der Waals surface area contributed by atoms with Crippen LogP contribution in [0, 0.1) is 0 Å². The summed E-state index contributed by atoms with van der Waals surface area (Å²) in [5.41, 5.74) is 1.53. The van der Waals surface area contributed by atoms with Gasteiger partial charge in [-0.05, 0) is 45.5 Å². The van der Waals surface area contributed by atoms with E-state index in [0.29, 0.717) is 0 Å². The molecule has 0 aliphatic carbocycles. The maximum atomic E-state index is 5.82. The van der Waals surface area contributed by atoms with E-state index in [4.69, 9.17) is 4.74 Å². The Kier molecular flexibility index (Phi) is 4.25. The summed E-state index contributed by atoms with van der Waals surface area (Å²) in [6, 6.07) is 10.1. The lowest BCUT2D eigenvalue weighted by Gasteiger charge is -2.23. The zero-order valence-corrected chi connectivity index (χ0v) is 13.1. The summed E-state index contributed by atoms with van der Waals surface area (Å²) in [5, 5.41) is 0. The average Bonchev–Trinajstić information content (AvgIpc) is 2.42. The number of rotatable bonds is 4. The molecule has 0 saturated carbocycles. The Balaban J connectivity index is 2.18. The van der Waals surface area contributed by atoms with Gasteiger partial charge < -0.3 is 4.74 Å². The van der Waals surface area contributed by atoms with Crippen LogP contribution in [-0.2, 0) is 5.41 Å². The molecule has 19 heavy (non-hydrogen) atoms. The summed E-state index contributed by atoms with van der Waals surface area (Å²) in [7, 11) is 0. The van der Waals surface area contributed by atoms with Crippen molar-refractivity contribution in [3.63, 3.8) is 0 Å². The molecule has 0 atom stereocenters. The fourth-order valence-electron chi connectivity index (χ4n) is 1.75. The molecule has 2 rings (SSSR count). The van der Waals surface area contributed by atoms with Crippen LogP contribution in [0.4, 0.5) is 0 Å². The standard InChI is InChI=1S/C16H18BrNO/c1-4-16(2,3)12-5-7-13(8-6-12)19-15-9-10-18-11-14(15)17/h5-11H,4H2,1-3H3. The summed E-state index contributed by atoms with van der Waals surface area (Å²) in [5.74, 6) is 1.61. The monoisotopic (exact) mass is 319 g/mol. The summed E-state index contributed by atoms with van der Waals surface area (Å²) < 4.78 is 6.68. The summed E-state index contributed by atoms with van der Waals surface area (Å²) >= 11 is 3.42. The zero-order chi connectivity index (χ0) is 13.9. The van der Waals surface area contributed by atoms with Crippen molar-refractivity contribution in [1.29, 1.82) is 0 Å². The maximum Gasteiger partial charge on any atom is 0.144 e. The lowest BCUT2D eigenvalue weighted by molar-refractivity contribution is 0.475. The molecular weight excluding hydrogens is 302 g/mol. The van der Waals surface area contributed by atoms with Gasteiger partial charge in [-0.1, -0.05) is 32.9 Å². The number of hydrogen-bond donors (Lipinski definition) is 0. The van der Waals surface area contributed by atoms with Crippen molar-refractivity contribution in [2.45, 2.75) is 32.6 Å². The first-order valence-electron chi connectivity index (χ1n) is 6.41. The highest BCUT2D eigenvalue weighted by Gasteiger charge is 2.17. The molecule has 0 aliphatic heterocycles. The number of pyridine rings is 1. The number of ether oxygens (including phenoxy) is 1. The van der Waals surface area contributed by atoms with Crippen LogP contribution in [0.5, 0.6) is 11.5 Å². The molecular formula is C16H18BrNO. The molecule has 100 valence electrons. The van der Waals surface area contributed by atoms with Crippen LogP contribution in [0.25, 0.3) is 0 Å². The SMILES string of the molecule is CCC(C)(C)c1ccc(Oc2ccncc2Br)cc1. The lowest BCUT2D eigenvalue weighted by atomic mass is 9.82. The molecule has 1 aromatic carbocycles. The van der Waals surface area contributed by atoms with Gasteiger partial charge in [0, 0.05) is 18.5 Å². The summed E-state index contributed by atoms with van der Waals surface area (Å²) in [4.78, 5) is 4.02. The lowest BCUT2D eigenvalue weighted by Crippen LogP contribution is -2.14. The topological polar surface area (TPSA) is 22.1 Å². The second-order valence-corrected chi connectivity index (χ2v) is 6.02. The van der Waals surface area contributed by atoms with Crippen molar-refractivity contribution in [3.05, 3.63) is 52.8 Å². The van der Waals surface area contributed by atoms with E-state index < -0.39 is 0 Å². The average molecular weight is 320 g/mol. The molecule has 0 unspecified atom stereocenters. The zero-order valence-electron chi connectivity index (χ0n) is 11.5. The molecule has 0 aliphatic rings. The minimum atomic E-state index is 0.204. The van der Waals surface area contributed by atoms with E-state index in [-0.39, 0.29) is 5.41 Å². The summed E-state index contributed by atoms with van der Waals surface area (Å²) in [6.45, 7) is 6.71. The Morgan fingerprint density at radius 3 is 2.42 bits per heavy atom. The second kappa shape index (κ2) is 5.74. The first-order valence-corrected chi connectivity index (χ1v) is 7.20. The molecule has 1 aromatic heterocycles. The van der Waals surface area contributed by atoms with Gasteiger partial charge in [-0.15, -0.1) is 0 Å². The Morgan fingerprint density at radius 2 is 1.84 bits per heavy atom. The van der Waals surface area contributed by atoms with Gasteiger partial charge in [0.1, 0.15) is 11.5 Å². The van der Waals surface area contributed by atoms with Crippen molar-refractivity contribution in [3.8, 4) is 11.5 Å². The van der Waals surface area contributed by atoms with Crippen LogP contribution in [0.1, 0.15) is 32.8 Å². The van der Waals surface area contributed by atoms with Crippen molar-refractivity contribution in [1.82, 2.24) is 4.98 Å². The molecule has 0 N–H and O–H groups in total. The smallest absolute Gasteiger partial charge is 0.144 e. The van der Waals surface area contributed by atoms with Gasteiger partial charge in [-0.3, -0.25) is 4.98 Å². The molecule has 0 spiro atoms. The number of benzene rings is 1. The molecule has 3 heteroatoms. The highest BCUT2D eigenvalue weighted by molar-refractivity contribution is 9.10. The third-order valence-corrected chi connectivity index (χ3v) is 4.08. The molecule has 0 radical (unpaired) electrons. The van der Waals surface area contributed by atoms with Gasteiger partial charge in [0.05, 0.1) is 4.47 Å². The fraction of sp³-hybridized carbons (Fsp3) is 0.312. The van der Waals surface area contributed by atoms with Crippen molar-refractivity contribution >= 4 is 15.9 Å². The second-order valence-electron chi connectivity index (χ2n) is 5.17. The molecule has 0 saturated heterocycles. The number of halogens is 1. The van der Waals surface area contributed by atoms with Crippen LogP contribution >= 0.6 is 15.9 Å². The van der Waals surface area contributed by atoms with E-state index in [9.17, 15) is 0 Å². The first kappa shape index (κ1) is 14.1. The highest BCUT2D eigenvalue weighted by Crippen LogP contribution is 2.31. The van der Waals surface area contributed by atoms with Crippen molar-refractivity contribution < 1.29 is 4.74 Å². The van der Waals surface area contributed by atoms with E-state index in [1.54, 1.807) is 12.4 Å². The van der Waals surface area contributed by atoms with Crippen LogP contribution < -0.4 is 4.74 Å². The van der Waals surface area contributed by atoms with E-state index >= 15 is 0 Å². The third kappa shape index (κ3) is 3.35. The van der Waals surface area contributed by atoms with Gasteiger partial charge in [0.2, 0.25) is 0 Å². The van der Waals surface area contributed by atoms with E-state index in [0.717, 1.165) is 22.4 Å². The van der Waals surface area contributed by atoms with Crippen LogP contribution in [-0.4, -0.2) is 4.98 Å². The number of nitrogens with zero attached hydrogens (tertiary/aromatic N) is 1. The number of hydrogen-bond acceptors (Lipinski definition) is 2. The van der Waals surface area contributed by atoms with Crippen LogP contribution in [0.2, 0.25) is 0 Å². The van der Waals surface area contributed by atoms with Crippen molar-refractivity contribution in [2.24, 2.45) is 0 Å². The van der Waals surface area contributed by atoms with E-state index in [1.807, 2.05) is 18.2 Å². The Bertz CT molecular complexity index is 549. The predicted octanol–water partition coefficient (Wildman–Crippen LogP) is 5.32. The maximum absolute atomic E-state index is 5.82. The quantitative estimate of drug-likeness (QED) is 0.760. The Hall–Kier alpha value is -1.35. The third-order valence-electron chi connectivity index (χ3n) is 3.48. The fourth-order valence-corrected chi connectivity index (χ4v) is 2.08. The first-order chi connectivity index (χ1) is 9.03. The minimum absolute atomic E-state index is 0.204. The van der Waals surface area contributed by atoms with Gasteiger partial charge in [0.25, 0.3) is 0 Å². The highest BCUT2D eigenvalue weighted by atomic mass is 79.9. The molecule has 0 bridgehead atoms. The van der Waals surface area contributed by atoms with Crippen LogP contribution in [0.3, 0.4) is 0 Å². The molecule has 2 nitrogen and oxygen atoms in total. The largest absolute Gasteiger partial charge is 0.456 e. The predicted molar refractivity (Wildman–Crippen MR) is 81.8 cm³/mol. The summed E-state index contributed by atoms with van der Waals surface area (Å²) in [6.07, 6.45) is 4.56. The van der Waals surface area contributed by atoms with Crippen LogP contribution in [0.15, 0.2) is 47.2 Å². The van der Waals surface area contributed by atoms with Crippen molar-refractivity contribution in [2.75, 3.05) is 0 Å². The van der Waals surface area contributed by atoms with E-state index in [1.165, 1.54) is 5.56 Å². The van der Waals surface area contributed by atoms with Gasteiger partial charge in [-0.25, -0.2) is 0 Å². The Morgan fingerprint density at radius 1 is 1.16 bits per heavy atom. The Labute approximate surface area is 123 Å². The molecule has 1 heterocycles. The van der Waals surface area contributed by atoms with Gasteiger partial charge in [0.15, 0.2) is 0 Å². The minimum Gasteiger partial charge on any atom is -0.456 e.